The Kier molecular flexibility index (Phi) is 7.35. The minimum absolute atomic E-state index is 0.119. The molecule has 34 heavy (non-hydrogen) atoms. The summed E-state index contributed by atoms with van der Waals surface area (Å²) in [6.07, 6.45) is -0.458. The molecule has 1 aliphatic rings. The first-order valence-electron chi connectivity index (χ1n) is 11.1. The van der Waals surface area contributed by atoms with Gasteiger partial charge in [0.1, 0.15) is 0 Å². The number of amides is 2. The van der Waals surface area contributed by atoms with Gasteiger partial charge in [0.25, 0.3) is 5.91 Å². The second kappa shape index (κ2) is 10.4. The lowest BCUT2D eigenvalue weighted by atomic mass is 10.00. The summed E-state index contributed by atoms with van der Waals surface area (Å²) < 4.78 is 0. The van der Waals surface area contributed by atoms with Gasteiger partial charge in [0.05, 0.1) is 11.4 Å². The molecule has 0 spiro atoms. The first-order chi connectivity index (χ1) is 16.3. The quantitative estimate of drug-likeness (QED) is 0.481. The number of anilines is 1. The lowest BCUT2D eigenvalue weighted by Crippen LogP contribution is -2.49. The minimum atomic E-state index is -1.04. The summed E-state index contributed by atoms with van der Waals surface area (Å²) >= 11 is 12.2. The zero-order valence-corrected chi connectivity index (χ0v) is 20.5. The molecule has 2 amide bonds. The molecule has 0 unspecified atom stereocenters. The van der Waals surface area contributed by atoms with Gasteiger partial charge >= 0.3 is 0 Å². The summed E-state index contributed by atoms with van der Waals surface area (Å²) in [5.74, 6) is -0.554. The van der Waals surface area contributed by atoms with Crippen LogP contribution in [0.1, 0.15) is 37.0 Å². The molecule has 5 nitrogen and oxygen atoms in total. The third-order valence-corrected chi connectivity index (χ3v) is 6.23. The molecule has 0 radical (unpaired) electrons. The van der Waals surface area contributed by atoms with Crippen molar-refractivity contribution < 1.29 is 9.59 Å². The number of hydrogen-bond donors (Lipinski definition) is 1. The van der Waals surface area contributed by atoms with Crippen molar-refractivity contribution in [3.63, 3.8) is 0 Å². The topological polar surface area (TPSA) is 61.8 Å². The highest BCUT2D eigenvalue weighted by Gasteiger charge is 2.34. The SMILES string of the molecule is CC(C)N1C(=O)[C@H](NC(=O)CCc2ccc(Cl)cc2Cl)N=C(c2ccccc2)c2ccccc21. The van der Waals surface area contributed by atoms with Gasteiger partial charge in [0, 0.05) is 33.6 Å². The molecule has 0 fully saturated rings. The minimum Gasteiger partial charge on any atom is -0.327 e. The molecule has 1 atom stereocenters. The summed E-state index contributed by atoms with van der Waals surface area (Å²) in [5, 5.41) is 3.89. The number of carbonyl (C=O) groups is 2. The maximum atomic E-state index is 13.6. The largest absolute Gasteiger partial charge is 0.327 e. The van der Waals surface area contributed by atoms with Crippen molar-refractivity contribution in [3.8, 4) is 0 Å². The van der Waals surface area contributed by atoms with Crippen LogP contribution in [0.4, 0.5) is 5.69 Å². The Morgan fingerprint density at radius 3 is 2.44 bits per heavy atom. The first kappa shape index (κ1) is 24.0. The molecule has 0 bridgehead atoms. The maximum absolute atomic E-state index is 13.6. The summed E-state index contributed by atoms with van der Waals surface area (Å²) in [4.78, 5) is 33.0. The Hall–Kier alpha value is -3.15. The van der Waals surface area contributed by atoms with Gasteiger partial charge in [-0.2, -0.15) is 0 Å². The van der Waals surface area contributed by atoms with Crippen LogP contribution in [0.2, 0.25) is 10.0 Å². The predicted octanol–water partition coefficient (Wildman–Crippen LogP) is 5.66. The van der Waals surface area contributed by atoms with E-state index in [0.29, 0.717) is 22.2 Å². The van der Waals surface area contributed by atoms with Crippen LogP contribution in [-0.2, 0) is 16.0 Å². The highest BCUT2D eigenvalue weighted by molar-refractivity contribution is 6.35. The highest BCUT2D eigenvalue weighted by atomic mass is 35.5. The molecule has 0 saturated carbocycles. The van der Waals surface area contributed by atoms with E-state index in [1.807, 2.05) is 68.4 Å². The number of benzodiazepines with no additional fused rings is 1. The molecule has 7 heteroatoms. The molecule has 1 heterocycles. The van der Waals surface area contributed by atoms with Crippen LogP contribution in [0.25, 0.3) is 0 Å². The molecule has 3 aromatic carbocycles. The number of fused-ring (bicyclic) bond motifs is 1. The summed E-state index contributed by atoms with van der Waals surface area (Å²) in [7, 11) is 0. The Balaban J connectivity index is 1.65. The number of para-hydroxylation sites is 1. The van der Waals surface area contributed by atoms with Crippen LogP contribution in [0, 0.1) is 0 Å². The zero-order valence-electron chi connectivity index (χ0n) is 19.0. The number of halogens is 2. The Morgan fingerprint density at radius 2 is 1.74 bits per heavy atom. The molecule has 3 aromatic rings. The van der Waals surface area contributed by atoms with E-state index in [0.717, 1.165) is 22.4 Å². The molecule has 1 N–H and O–H groups in total. The molecule has 0 aromatic heterocycles. The van der Waals surface area contributed by atoms with E-state index in [4.69, 9.17) is 28.2 Å². The molecular formula is C27H25Cl2N3O2. The Labute approximate surface area is 209 Å². The normalized spacial score (nSPS) is 15.6. The first-order valence-corrected chi connectivity index (χ1v) is 11.9. The predicted molar refractivity (Wildman–Crippen MR) is 138 cm³/mol. The molecule has 0 saturated heterocycles. The second-order valence-corrected chi connectivity index (χ2v) is 9.21. The van der Waals surface area contributed by atoms with Crippen molar-refractivity contribution >= 4 is 46.4 Å². The lowest BCUT2D eigenvalue weighted by molar-refractivity contribution is -0.127. The monoisotopic (exact) mass is 493 g/mol. The smallest absolute Gasteiger partial charge is 0.272 e. The van der Waals surface area contributed by atoms with Gasteiger partial charge in [0.2, 0.25) is 12.1 Å². The van der Waals surface area contributed by atoms with Crippen molar-refractivity contribution in [2.45, 2.75) is 38.9 Å². The fourth-order valence-corrected chi connectivity index (χ4v) is 4.54. The van der Waals surface area contributed by atoms with Crippen molar-refractivity contribution in [2.75, 3.05) is 4.90 Å². The average molecular weight is 494 g/mol. The molecule has 0 aliphatic carbocycles. The van der Waals surface area contributed by atoms with Crippen molar-refractivity contribution in [3.05, 3.63) is 99.5 Å². The number of aliphatic imine (C=N–C) groups is 1. The number of nitrogens with one attached hydrogen (secondary N) is 1. The van der Waals surface area contributed by atoms with Gasteiger partial charge in [-0.05, 0) is 44.0 Å². The van der Waals surface area contributed by atoms with E-state index in [1.54, 1.807) is 23.1 Å². The molecular weight excluding hydrogens is 469 g/mol. The second-order valence-electron chi connectivity index (χ2n) is 8.37. The van der Waals surface area contributed by atoms with Gasteiger partial charge in [-0.3, -0.25) is 9.59 Å². The van der Waals surface area contributed by atoms with Gasteiger partial charge in [-0.15, -0.1) is 0 Å². The van der Waals surface area contributed by atoms with E-state index in [-0.39, 0.29) is 24.3 Å². The van der Waals surface area contributed by atoms with Crippen LogP contribution >= 0.6 is 23.2 Å². The number of nitrogens with zero attached hydrogens (tertiary/aromatic N) is 2. The number of hydrogen-bond acceptors (Lipinski definition) is 3. The Bertz CT molecular complexity index is 1240. The lowest BCUT2D eigenvalue weighted by Gasteiger charge is -2.29. The van der Waals surface area contributed by atoms with E-state index in [9.17, 15) is 9.59 Å². The highest BCUT2D eigenvalue weighted by Crippen LogP contribution is 2.30. The summed E-state index contributed by atoms with van der Waals surface area (Å²) in [6.45, 7) is 3.90. The van der Waals surface area contributed by atoms with E-state index >= 15 is 0 Å². The van der Waals surface area contributed by atoms with Crippen LogP contribution in [-0.4, -0.2) is 29.7 Å². The average Bonchev–Trinajstić information content (AvgIpc) is 2.93. The zero-order chi connectivity index (χ0) is 24.2. The van der Waals surface area contributed by atoms with Crippen LogP contribution in [0.3, 0.4) is 0 Å². The molecule has 174 valence electrons. The van der Waals surface area contributed by atoms with Gasteiger partial charge in [0.15, 0.2) is 0 Å². The van der Waals surface area contributed by atoms with Crippen LogP contribution < -0.4 is 10.2 Å². The number of carbonyl (C=O) groups excluding carboxylic acids is 2. The number of benzene rings is 3. The van der Waals surface area contributed by atoms with Gasteiger partial charge in [-0.25, -0.2) is 4.99 Å². The fourth-order valence-electron chi connectivity index (χ4n) is 4.04. The summed E-state index contributed by atoms with van der Waals surface area (Å²) in [5.41, 5.74) is 3.98. The van der Waals surface area contributed by atoms with E-state index in [1.165, 1.54) is 0 Å². The van der Waals surface area contributed by atoms with E-state index < -0.39 is 6.17 Å². The van der Waals surface area contributed by atoms with Gasteiger partial charge < -0.3 is 10.2 Å². The van der Waals surface area contributed by atoms with Crippen molar-refractivity contribution in [1.29, 1.82) is 0 Å². The van der Waals surface area contributed by atoms with Crippen LogP contribution in [0.5, 0.6) is 0 Å². The standard InChI is InChI=1S/C27H25Cl2N3O2/c1-17(2)32-23-11-7-6-10-21(23)25(19-8-4-3-5-9-19)31-26(27(32)34)30-24(33)15-13-18-12-14-20(28)16-22(18)29/h3-12,14,16-17,26H,13,15H2,1-2H3,(H,30,33)/t26-/m1/s1. The third kappa shape index (κ3) is 5.16. The van der Waals surface area contributed by atoms with Crippen molar-refractivity contribution in [2.24, 2.45) is 4.99 Å². The summed E-state index contributed by atoms with van der Waals surface area (Å²) in [6, 6.07) is 22.5. The third-order valence-electron chi connectivity index (χ3n) is 5.65. The maximum Gasteiger partial charge on any atom is 0.272 e. The Morgan fingerprint density at radius 1 is 1.03 bits per heavy atom. The molecule has 1 aliphatic heterocycles. The fraction of sp³-hybridized carbons (Fsp3) is 0.222. The van der Waals surface area contributed by atoms with Crippen LogP contribution in [0.15, 0.2) is 77.8 Å². The molecule has 4 rings (SSSR count). The number of aryl methyl sites for hydroxylation is 1. The van der Waals surface area contributed by atoms with Crippen molar-refractivity contribution in [1.82, 2.24) is 5.32 Å². The number of rotatable bonds is 6. The van der Waals surface area contributed by atoms with Gasteiger partial charge in [-0.1, -0.05) is 77.8 Å². The van der Waals surface area contributed by atoms with E-state index in [2.05, 4.69) is 5.32 Å².